The molecule has 2 rings (SSSR count). The summed E-state index contributed by atoms with van der Waals surface area (Å²) in [6, 6.07) is 11.2. The van der Waals surface area contributed by atoms with Gasteiger partial charge < -0.3 is 9.84 Å². The molecule has 0 aliphatic heterocycles. The number of carbonyl (C=O) groups is 1. The van der Waals surface area contributed by atoms with Crippen LogP contribution in [-0.2, 0) is 17.8 Å². The van der Waals surface area contributed by atoms with Crippen molar-refractivity contribution >= 4 is 37.8 Å². The lowest BCUT2D eigenvalue weighted by atomic mass is 10.1. The number of rotatable bonds is 6. The number of halogens is 2. The molecule has 0 fully saturated rings. The fraction of sp³-hybridized carbons (Fsp3) is 0.278. The van der Waals surface area contributed by atoms with Crippen molar-refractivity contribution < 1.29 is 14.6 Å². The summed E-state index contributed by atoms with van der Waals surface area (Å²) in [7, 11) is 0. The molecule has 122 valence electrons. The molecule has 2 aromatic rings. The third kappa shape index (κ3) is 5.08. The Hall–Kier alpha value is -1.33. The van der Waals surface area contributed by atoms with Crippen molar-refractivity contribution in [2.75, 3.05) is 0 Å². The van der Waals surface area contributed by atoms with E-state index in [1.165, 1.54) is 30.5 Å². The predicted molar refractivity (Wildman–Crippen MR) is 97.7 cm³/mol. The smallest absolute Gasteiger partial charge is 0.338 e. The van der Waals surface area contributed by atoms with Gasteiger partial charge in [0.05, 0.1) is 14.5 Å². The highest BCUT2D eigenvalue weighted by atomic mass is 79.9. The van der Waals surface area contributed by atoms with E-state index in [4.69, 9.17) is 4.74 Å². The summed E-state index contributed by atoms with van der Waals surface area (Å²) >= 11 is 6.40. The number of hydrogen-bond acceptors (Lipinski definition) is 3. The van der Waals surface area contributed by atoms with Gasteiger partial charge in [-0.1, -0.05) is 37.6 Å². The van der Waals surface area contributed by atoms with E-state index in [-0.39, 0.29) is 12.4 Å². The zero-order valence-corrected chi connectivity index (χ0v) is 16.0. The number of aryl methyl sites for hydroxylation is 1. The summed E-state index contributed by atoms with van der Waals surface area (Å²) in [5.41, 5.74) is 2.63. The third-order valence-electron chi connectivity index (χ3n) is 3.46. The van der Waals surface area contributed by atoms with Crippen molar-refractivity contribution in [3.63, 3.8) is 0 Å². The first kappa shape index (κ1) is 18.0. The maximum atomic E-state index is 12.1. The zero-order valence-electron chi connectivity index (χ0n) is 12.8. The molecule has 3 nitrogen and oxygen atoms in total. The van der Waals surface area contributed by atoms with E-state index in [9.17, 15) is 9.90 Å². The molecule has 0 spiro atoms. The van der Waals surface area contributed by atoms with Crippen LogP contribution in [0.3, 0.4) is 0 Å². The Kier molecular flexibility index (Phi) is 6.66. The molecular weight excluding hydrogens is 424 g/mol. The maximum absolute atomic E-state index is 12.1. The number of carbonyl (C=O) groups excluding carboxylic acids is 1. The standard InChI is InChI=1S/C18H18Br2O3/c1-2-3-4-12-5-7-13(8-6-12)11-23-18(22)14-9-15(19)17(21)16(20)10-14/h5-10,21H,2-4,11H2,1H3. The molecule has 0 radical (unpaired) electrons. The van der Waals surface area contributed by atoms with Crippen LogP contribution in [0.1, 0.15) is 41.3 Å². The number of esters is 1. The molecule has 0 saturated heterocycles. The van der Waals surface area contributed by atoms with Crippen LogP contribution in [0.2, 0.25) is 0 Å². The molecule has 1 N–H and O–H groups in total. The Bertz CT molecular complexity index is 658. The van der Waals surface area contributed by atoms with E-state index in [0.717, 1.165) is 12.0 Å². The SMILES string of the molecule is CCCCc1ccc(COC(=O)c2cc(Br)c(O)c(Br)c2)cc1. The second kappa shape index (κ2) is 8.50. The normalized spacial score (nSPS) is 10.6. The summed E-state index contributed by atoms with van der Waals surface area (Å²) in [6.45, 7) is 2.40. The fourth-order valence-corrected chi connectivity index (χ4v) is 3.29. The van der Waals surface area contributed by atoms with Crippen LogP contribution in [0.15, 0.2) is 45.3 Å². The highest BCUT2D eigenvalue weighted by Crippen LogP contribution is 2.33. The lowest BCUT2D eigenvalue weighted by Crippen LogP contribution is -2.05. The number of benzene rings is 2. The van der Waals surface area contributed by atoms with Crippen LogP contribution in [0.4, 0.5) is 0 Å². The van der Waals surface area contributed by atoms with Crippen LogP contribution in [0.5, 0.6) is 5.75 Å². The summed E-state index contributed by atoms with van der Waals surface area (Å²) in [5.74, 6) is -0.370. The number of unbranched alkanes of at least 4 members (excludes halogenated alkanes) is 1. The molecule has 0 bridgehead atoms. The fourth-order valence-electron chi connectivity index (χ4n) is 2.10. The first-order chi connectivity index (χ1) is 11.0. The monoisotopic (exact) mass is 440 g/mol. The molecule has 23 heavy (non-hydrogen) atoms. The van der Waals surface area contributed by atoms with Crippen LogP contribution in [0.25, 0.3) is 0 Å². The number of aromatic hydroxyl groups is 1. The average Bonchev–Trinajstić information content (AvgIpc) is 2.56. The number of hydrogen-bond donors (Lipinski definition) is 1. The third-order valence-corrected chi connectivity index (χ3v) is 4.67. The summed E-state index contributed by atoms with van der Waals surface area (Å²) in [6.07, 6.45) is 3.43. The van der Waals surface area contributed by atoms with E-state index in [2.05, 4.69) is 50.9 Å². The Labute approximate surface area is 152 Å². The van der Waals surface area contributed by atoms with Crippen LogP contribution < -0.4 is 0 Å². The molecule has 0 atom stereocenters. The topological polar surface area (TPSA) is 46.5 Å². The van der Waals surface area contributed by atoms with Crippen molar-refractivity contribution in [2.45, 2.75) is 32.8 Å². The van der Waals surface area contributed by atoms with E-state index in [1.54, 1.807) is 0 Å². The molecule has 0 heterocycles. The van der Waals surface area contributed by atoms with Crippen molar-refractivity contribution in [1.82, 2.24) is 0 Å². The molecular formula is C18H18Br2O3. The van der Waals surface area contributed by atoms with Crippen molar-refractivity contribution in [2.24, 2.45) is 0 Å². The lowest BCUT2D eigenvalue weighted by Gasteiger charge is -2.08. The molecule has 0 aliphatic rings. The number of phenolic OH excluding ortho intramolecular Hbond substituents is 1. The van der Waals surface area contributed by atoms with Gasteiger partial charge in [-0.2, -0.15) is 0 Å². The summed E-state index contributed by atoms with van der Waals surface area (Å²) in [5, 5.41) is 9.66. The van der Waals surface area contributed by atoms with Gasteiger partial charge in [0.25, 0.3) is 0 Å². The minimum Gasteiger partial charge on any atom is -0.506 e. The molecule has 5 heteroatoms. The molecule has 0 aromatic heterocycles. The number of phenols is 1. The highest BCUT2D eigenvalue weighted by Gasteiger charge is 2.13. The van der Waals surface area contributed by atoms with Crippen LogP contribution in [-0.4, -0.2) is 11.1 Å². The second-order valence-corrected chi connectivity index (χ2v) is 6.99. The average molecular weight is 442 g/mol. The Morgan fingerprint density at radius 3 is 2.22 bits per heavy atom. The Morgan fingerprint density at radius 1 is 1.09 bits per heavy atom. The highest BCUT2D eigenvalue weighted by molar-refractivity contribution is 9.11. The van der Waals surface area contributed by atoms with Gasteiger partial charge >= 0.3 is 5.97 Å². The van der Waals surface area contributed by atoms with Gasteiger partial charge in [-0.05, 0) is 68.0 Å². The van der Waals surface area contributed by atoms with Gasteiger partial charge in [-0.3, -0.25) is 0 Å². The van der Waals surface area contributed by atoms with Crippen molar-refractivity contribution in [3.8, 4) is 5.75 Å². The first-order valence-electron chi connectivity index (χ1n) is 7.44. The lowest BCUT2D eigenvalue weighted by molar-refractivity contribution is 0.0472. The molecule has 0 unspecified atom stereocenters. The number of ether oxygens (including phenoxy) is 1. The van der Waals surface area contributed by atoms with Gasteiger partial charge in [0, 0.05) is 0 Å². The first-order valence-corrected chi connectivity index (χ1v) is 9.02. The predicted octanol–water partition coefficient (Wildman–Crippen LogP) is 5.62. The minimum absolute atomic E-state index is 0.0595. The zero-order chi connectivity index (χ0) is 16.8. The largest absolute Gasteiger partial charge is 0.506 e. The van der Waals surface area contributed by atoms with Gasteiger partial charge in [-0.15, -0.1) is 0 Å². The van der Waals surface area contributed by atoms with Gasteiger partial charge in [0.2, 0.25) is 0 Å². The van der Waals surface area contributed by atoms with Crippen LogP contribution in [0, 0.1) is 0 Å². The quantitative estimate of drug-likeness (QED) is 0.592. The molecule has 0 saturated carbocycles. The van der Waals surface area contributed by atoms with Crippen LogP contribution >= 0.6 is 31.9 Å². The van der Waals surface area contributed by atoms with Gasteiger partial charge in [0.1, 0.15) is 12.4 Å². The molecule has 2 aromatic carbocycles. The van der Waals surface area contributed by atoms with Gasteiger partial charge in [0.15, 0.2) is 0 Å². The second-order valence-electron chi connectivity index (χ2n) is 5.28. The minimum atomic E-state index is -0.429. The molecule has 0 aliphatic carbocycles. The van der Waals surface area contributed by atoms with Crippen molar-refractivity contribution in [1.29, 1.82) is 0 Å². The Balaban J connectivity index is 1.96. The summed E-state index contributed by atoms with van der Waals surface area (Å²) in [4.78, 5) is 12.1. The van der Waals surface area contributed by atoms with E-state index in [0.29, 0.717) is 14.5 Å². The molecule has 0 amide bonds. The maximum Gasteiger partial charge on any atom is 0.338 e. The Morgan fingerprint density at radius 2 is 1.65 bits per heavy atom. The van der Waals surface area contributed by atoms with E-state index in [1.807, 2.05) is 12.1 Å². The van der Waals surface area contributed by atoms with E-state index >= 15 is 0 Å². The summed E-state index contributed by atoms with van der Waals surface area (Å²) < 4.78 is 6.21. The van der Waals surface area contributed by atoms with E-state index < -0.39 is 5.97 Å². The van der Waals surface area contributed by atoms with Gasteiger partial charge in [-0.25, -0.2) is 4.79 Å². The van der Waals surface area contributed by atoms with Crippen molar-refractivity contribution in [3.05, 3.63) is 62.0 Å².